The number of carboxylic acid groups (broad SMARTS) is 1. The van der Waals surface area contributed by atoms with Gasteiger partial charge in [-0.1, -0.05) is 58.9 Å². The van der Waals surface area contributed by atoms with Crippen LogP contribution < -0.4 is 10.1 Å². The number of hydrogen-bond acceptors (Lipinski definition) is 8. The van der Waals surface area contributed by atoms with Crippen molar-refractivity contribution in [3.63, 3.8) is 0 Å². The molecule has 9 nitrogen and oxygen atoms in total. The summed E-state index contributed by atoms with van der Waals surface area (Å²) in [4.78, 5) is 19.4. The van der Waals surface area contributed by atoms with Gasteiger partial charge in [-0.05, 0) is 159 Å². The summed E-state index contributed by atoms with van der Waals surface area (Å²) >= 11 is 0. The highest BCUT2D eigenvalue weighted by molar-refractivity contribution is 7.91. The highest BCUT2D eigenvalue weighted by Gasteiger charge is 2.70. The number of pyridine rings is 1. The molecular formula is C49H70N4O5S. The van der Waals surface area contributed by atoms with Crippen molar-refractivity contribution in [1.82, 2.24) is 15.2 Å². The summed E-state index contributed by atoms with van der Waals surface area (Å²) in [5, 5.41) is 24.2. The van der Waals surface area contributed by atoms with Crippen LogP contribution in [0.1, 0.15) is 124 Å². The number of ether oxygens (including phenoxy) is 1. The second-order valence-electron chi connectivity index (χ2n) is 21.6. The Kier molecular flexibility index (Phi) is 10.9. The molecule has 2 heterocycles. The largest absolute Gasteiger partial charge is 0.481 e. The normalized spacial score (nSPS) is 41.1. The number of rotatable bonds is 10. The monoisotopic (exact) mass is 827 g/mol. The van der Waals surface area contributed by atoms with E-state index < -0.39 is 21.2 Å². The molecule has 1 saturated heterocycles. The maximum atomic E-state index is 12.8. The Hall–Kier alpha value is -3.00. The van der Waals surface area contributed by atoms with Gasteiger partial charge in [0, 0.05) is 37.9 Å². The number of carboxylic acids is 1. The molecule has 0 spiro atoms. The lowest BCUT2D eigenvalue weighted by Crippen LogP contribution is -2.68. The lowest BCUT2D eigenvalue weighted by atomic mass is 9.33. The first kappa shape index (κ1) is 42.7. The van der Waals surface area contributed by atoms with E-state index in [2.05, 4.69) is 81.5 Å². The Bertz CT molecular complexity index is 2060. The average molecular weight is 827 g/mol. The first-order chi connectivity index (χ1) is 27.8. The average Bonchev–Trinajstić information content (AvgIpc) is 3.58. The van der Waals surface area contributed by atoms with Crippen molar-refractivity contribution >= 4 is 15.8 Å². The highest BCUT2D eigenvalue weighted by Crippen LogP contribution is 2.76. The summed E-state index contributed by atoms with van der Waals surface area (Å²) in [6.45, 7) is 23.0. The molecule has 2 N–H and O–H groups in total. The molecule has 1 unspecified atom stereocenters. The molecule has 7 aliphatic rings. The van der Waals surface area contributed by atoms with Gasteiger partial charge in [0.25, 0.3) is 0 Å². The van der Waals surface area contributed by atoms with Crippen LogP contribution in [0, 0.1) is 68.0 Å². The Morgan fingerprint density at radius 1 is 1.00 bits per heavy atom. The summed E-state index contributed by atoms with van der Waals surface area (Å²) < 4.78 is 30.1. The van der Waals surface area contributed by atoms with Crippen LogP contribution in [-0.4, -0.2) is 79.2 Å². The molecule has 0 bridgehead atoms. The van der Waals surface area contributed by atoms with Crippen LogP contribution in [0.15, 0.2) is 53.8 Å². The van der Waals surface area contributed by atoms with Crippen molar-refractivity contribution in [2.75, 3.05) is 44.3 Å². The first-order valence-electron chi connectivity index (χ1n) is 22.8. The van der Waals surface area contributed by atoms with Crippen LogP contribution >= 0.6 is 0 Å². The number of nitrogens with zero attached hydrogens (tertiary/aromatic N) is 3. The van der Waals surface area contributed by atoms with Crippen LogP contribution in [0.3, 0.4) is 0 Å². The van der Waals surface area contributed by atoms with E-state index in [1.165, 1.54) is 68.1 Å². The third-order valence-electron chi connectivity index (χ3n) is 18.8. The van der Waals surface area contributed by atoms with E-state index in [0.29, 0.717) is 67.5 Å². The van der Waals surface area contributed by atoms with E-state index in [1.54, 1.807) is 18.3 Å². The number of nitriles is 1. The van der Waals surface area contributed by atoms with E-state index in [1.807, 2.05) is 0 Å². The molecule has 10 heteroatoms. The number of nitrogens with one attached hydrogen (secondary N) is 1. The Balaban J connectivity index is 1.01. The summed E-state index contributed by atoms with van der Waals surface area (Å²) in [6.07, 6.45) is 18.9. The quantitative estimate of drug-likeness (QED) is 0.222. The van der Waals surface area contributed by atoms with Crippen LogP contribution in [0.4, 0.5) is 0 Å². The van der Waals surface area contributed by atoms with Crippen LogP contribution in [0.5, 0.6) is 5.88 Å². The summed E-state index contributed by atoms with van der Waals surface area (Å²) in [6, 6.07) is 5.43. The molecule has 322 valence electrons. The molecule has 6 aliphatic carbocycles. The molecule has 0 radical (unpaired) electrons. The second-order valence-corrected chi connectivity index (χ2v) is 23.9. The molecule has 4 saturated carbocycles. The zero-order valence-electron chi connectivity index (χ0n) is 36.7. The fourth-order valence-electron chi connectivity index (χ4n) is 15.4. The molecule has 1 aromatic heterocycles. The molecule has 59 heavy (non-hydrogen) atoms. The van der Waals surface area contributed by atoms with Crippen LogP contribution in [0.2, 0.25) is 0 Å². The summed E-state index contributed by atoms with van der Waals surface area (Å²) in [7, 11) is -2.88. The fourth-order valence-corrected chi connectivity index (χ4v) is 16.6. The third-order valence-corrected chi connectivity index (χ3v) is 20.4. The summed E-state index contributed by atoms with van der Waals surface area (Å²) in [5.41, 5.74) is 4.09. The fraction of sp³-hybridized carbons (Fsp3) is 0.735. The number of allylic oxidation sites excluding steroid dienone is 5. The van der Waals surface area contributed by atoms with Gasteiger partial charge >= 0.3 is 5.97 Å². The number of hydrogen-bond donors (Lipinski definition) is 2. The van der Waals surface area contributed by atoms with Crippen molar-refractivity contribution < 1.29 is 23.1 Å². The zero-order chi connectivity index (χ0) is 42.2. The van der Waals surface area contributed by atoms with Crippen molar-refractivity contribution in [3.8, 4) is 11.9 Å². The molecule has 1 aliphatic heterocycles. The zero-order valence-corrected chi connectivity index (χ0v) is 37.6. The molecular weight excluding hydrogens is 757 g/mol. The number of sulfone groups is 1. The number of carbonyl (C=O) groups is 1. The van der Waals surface area contributed by atoms with Crippen LogP contribution in [0.25, 0.3) is 0 Å². The van der Waals surface area contributed by atoms with Crippen molar-refractivity contribution in [2.45, 2.75) is 124 Å². The smallest absolute Gasteiger partial charge is 0.313 e. The van der Waals surface area contributed by atoms with E-state index in [9.17, 15) is 23.6 Å². The lowest BCUT2D eigenvalue weighted by Gasteiger charge is -2.72. The Morgan fingerprint density at radius 3 is 2.44 bits per heavy atom. The lowest BCUT2D eigenvalue weighted by molar-refractivity contribution is -0.221. The van der Waals surface area contributed by atoms with Gasteiger partial charge in [-0.25, -0.2) is 13.4 Å². The predicted octanol–water partition coefficient (Wildman–Crippen LogP) is 8.78. The number of aromatic nitrogens is 1. The van der Waals surface area contributed by atoms with Gasteiger partial charge in [0.05, 0.1) is 11.5 Å². The maximum absolute atomic E-state index is 12.8. The van der Waals surface area contributed by atoms with Gasteiger partial charge in [0.1, 0.15) is 23.7 Å². The maximum Gasteiger partial charge on any atom is 0.313 e. The minimum Gasteiger partial charge on any atom is -0.481 e. The van der Waals surface area contributed by atoms with Gasteiger partial charge in [-0.2, -0.15) is 5.26 Å². The van der Waals surface area contributed by atoms with Crippen molar-refractivity contribution in [2.24, 2.45) is 56.7 Å². The van der Waals surface area contributed by atoms with E-state index in [-0.39, 0.29) is 51.2 Å². The SMILES string of the molecule is C=C(C)C1CC[C@]2(NCCN3CCS(=O)(=O)CC3)CC[C@]3(C)[C@H](CC[C@@H]4[C@@]5(C)CC=C(C6=CC[C@@](COc7ncccc7C#N)(C(=O)O)CC6)C(C)(C)[C@@H]5CC[C@]43C)[C@@H]12. The second kappa shape index (κ2) is 15.1. The van der Waals surface area contributed by atoms with E-state index >= 15 is 0 Å². The summed E-state index contributed by atoms with van der Waals surface area (Å²) in [5.74, 6) is 2.85. The van der Waals surface area contributed by atoms with E-state index in [4.69, 9.17) is 4.74 Å². The molecule has 5 fully saturated rings. The minimum atomic E-state index is -2.88. The highest BCUT2D eigenvalue weighted by atomic mass is 32.2. The molecule has 1 aromatic rings. The number of fused-ring (bicyclic) bond motifs is 7. The minimum absolute atomic E-state index is 0.0149. The van der Waals surface area contributed by atoms with Gasteiger partial charge in [0.15, 0.2) is 9.84 Å². The Labute approximate surface area is 354 Å². The predicted molar refractivity (Wildman–Crippen MR) is 232 cm³/mol. The molecule has 10 atom stereocenters. The van der Waals surface area contributed by atoms with Crippen LogP contribution in [-0.2, 0) is 14.6 Å². The van der Waals surface area contributed by atoms with Gasteiger partial charge in [-0.3, -0.25) is 4.79 Å². The topological polar surface area (TPSA) is 133 Å². The molecule has 8 rings (SSSR count). The Morgan fingerprint density at radius 2 is 1.76 bits per heavy atom. The first-order valence-corrected chi connectivity index (χ1v) is 24.6. The van der Waals surface area contributed by atoms with Gasteiger partial charge in [0.2, 0.25) is 5.88 Å². The van der Waals surface area contributed by atoms with Crippen molar-refractivity contribution in [3.05, 3.63) is 59.3 Å². The van der Waals surface area contributed by atoms with Crippen molar-refractivity contribution in [1.29, 1.82) is 5.26 Å². The van der Waals surface area contributed by atoms with Gasteiger partial charge < -0.3 is 20.1 Å². The van der Waals surface area contributed by atoms with E-state index in [0.717, 1.165) is 19.5 Å². The number of aliphatic carboxylic acids is 1. The third kappa shape index (κ3) is 6.87. The molecule has 0 amide bonds. The van der Waals surface area contributed by atoms with Gasteiger partial charge in [-0.15, -0.1) is 0 Å². The molecule has 0 aromatic carbocycles. The standard InChI is InChI=1S/C49H70N4O5S/c1-33(2)36-14-21-49(52-25-26-53-27-29-59(56,57)30-28-53)23-22-46(6)38(41(36)49)10-11-40-45(5)17-15-37(44(3,4)39(45)16-18-47(40,46)7)34-12-19-48(20-13-34,43(54)55)32-58-42-35(31-50)9-8-24-51-42/h8-9,12,15,24,36,38-41,52H,1,10-11,13-14,16-23,25-30,32H2,2-7H3,(H,54,55)/t36?,38-,39+,40-,41-,45+,46-,47-,48-,49+/m1/s1.